The molecule has 0 aliphatic carbocycles. The molecule has 2 fully saturated rings. The van der Waals surface area contributed by atoms with Crippen LogP contribution in [0, 0.1) is 5.41 Å². The molecule has 2 atom stereocenters. The molecule has 1 amide bonds. The lowest BCUT2D eigenvalue weighted by atomic mass is 9.82. The first-order valence-corrected chi connectivity index (χ1v) is 16.2. The van der Waals surface area contributed by atoms with E-state index in [1.165, 1.54) is 17.4 Å². The zero-order chi connectivity index (χ0) is 29.1. The highest BCUT2D eigenvalue weighted by Gasteiger charge is 2.42. The Morgan fingerprint density at radius 2 is 1.75 bits per heavy atom. The van der Waals surface area contributed by atoms with E-state index in [-0.39, 0.29) is 17.6 Å². The maximum absolute atomic E-state index is 13.5. The van der Waals surface area contributed by atoms with Crippen molar-refractivity contribution in [3.8, 4) is 5.75 Å². The second-order valence-electron chi connectivity index (χ2n) is 11.8. The van der Waals surface area contributed by atoms with E-state index in [9.17, 15) is 9.59 Å². The van der Waals surface area contributed by atoms with Gasteiger partial charge in [0.1, 0.15) is 5.75 Å². The maximum atomic E-state index is 13.5. The zero-order valence-corrected chi connectivity index (χ0v) is 26.0. The number of carbonyl (C=O) groups is 2. The van der Waals surface area contributed by atoms with Crippen molar-refractivity contribution < 1.29 is 28.9 Å². The van der Waals surface area contributed by atoms with Crippen molar-refractivity contribution in [2.24, 2.45) is 5.41 Å². The number of carboxylic acid groups (broad SMARTS) is 1. The van der Waals surface area contributed by atoms with Gasteiger partial charge in [0.05, 0.1) is 26.4 Å². The topological polar surface area (TPSA) is 88.5 Å². The third-order valence-corrected chi connectivity index (χ3v) is 8.51. The first kappa shape index (κ1) is 32.7. The van der Waals surface area contributed by atoms with Gasteiger partial charge in [-0.1, -0.05) is 52.7 Å². The van der Waals surface area contributed by atoms with Crippen LogP contribution in [0.1, 0.15) is 83.3 Å². The quantitative estimate of drug-likeness (QED) is 0.322. The Morgan fingerprint density at radius 3 is 2.35 bits per heavy atom. The SMILES string of the molecule is CCCCN(CCCC)C(=O)CN1C[C@H](c2ccc3c(c2)CCO3)C[C@@H]1CC(C)(C)C1OCCO1.CSC(=O)O. The van der Waals surface area contributed by atoms with Gasteiger partial charge in [-0.15, -0.1) is 0 Å². The summed E-state index contributed by atoms with van der Waals surface area (Å²) in [6.45, 7) is 14.2. The fourth-order valence-electron chi connectivity index (χ4n) is 5.94. The number of amides is 1. The Labute approximate surface area is 245 Å². The predicted molar refractivity (Wildman–Crippen MR) is 160 cm³/mol. The molecule has 0 unspecified atom stereocenters. The van der Waals surface area contributed by atoms with E-state index in [1.807, 2.05) is 0 Å². The molecule has 2 saturated heterocycles. The van der Waals surface area contributed by atoms with Crippen LogP contribution in [-0.2, 0) is 20.7 Å². The standard InChI is InChI=1S/C29H46N2O4.C2H4O2S/c1-5-7-12-30(13-8-6-2)27(32)21-31-20-24(22-9-10-26-23(17-22)11-14-33-26)18-25(31)19-29(3,4)28-34-15-16-35-28;1-5-2(3)4/h9-10,17,24-25,28H,5-8,11-16,18-21H2,1-4H3;1H3,(H,3,4)/t24-,25-;/m1./s1. The molecule has 0 saturated carbocycles. The molecule has 0 aromatic heterocycles. The molecule has 226 valence electrons. The van der Waals surface area contributed by atoms with Crippen LogP contribution in [0.2, 0.25) is 0 Å². The molecule has 3 aliphatic rings. The third-order valence-electron chi connectivity index (χ3n) is 8.16. The van der Waals surface area contributed by atoms with Crippen molar-refractivity contribution in [2.75, 3.05) is 52.3 Å². The molecule has 9 heteroatoms. The summed E-state index contributed by atoms with van der Waals surface area (Å²) in [4.78, 5) is 27.4. The van der Waals surface area contributed by atoms with Crippen LogP contribution < -0.4 is 4.74 Å². The van der Waals surface area contributed by atoms with Crippen molar-refractivity contribution in [1.29, 1.82) is 0 Å². The molecular formula is C31H50N2O6S. The second kappa shape index (κ2) is 16.0. The lowest BCUT2D eigenvalue weighted by Crippen LogP contribution is -2.45. The molecule has 3 aliphatic heterocycles. The van der Waals surface area contributed by atoms with E-state index in [0.29, 0.717) is 31.7 Å². The summed E-state index contributed by atoms with van der Waals surface area (Å²) in [6.07, 6.45) is 8.74. The van der Waals surface area contributed by atoms with Crippen LogP contribution in [0.3, 0.4) is 0 Å². The Kier molecular flexibility index (Phi) is 13.1. The second-order valence-corrected chi connectivity index (χ2v) is 12.6. The summed E-state index contributed by atoms with van der Waals surface area (Å²) in [5, 5.41) is 6.86. The largest absolute Gasteiger partial charge is 0.493 e. The fraction of sp³-hybridized carbons (Fsp3) is 0.742. The minimum absolute atomic E-state index is 0.104. The molecule has 1 N–H and O–H groups in total. The molecule has 1 aromatic carbocycles. The van der Waals surface area contributed by atoms with Crippen molar-refractivity contribution in [3.05, 3.63) is 29.3 Å². The summed E-state index contributed by atoms with van der Waals surface area (Å²) in [5.41, 5.74) is 2.61. The molecule has 0 radical (unpaired) electrons. The number of fused-ring (bicyclic) bond motifs is 1. The van der Waals surface area contributed by atoms with E-state index in [0.717, 1.165) is 88.7 Å². The molecule has 8 nitrogen and oxygen atoms in total. The fourth-order valence-corrected chi connectivity index (χ4v) is 5.94. The van der Waals surface area contributed by atoms with Gasteiger partial charge in [-0.2, -0.15) is 0 Å². The first-order chi connectivity index (χ1) is 19.2. The van der Waals surface area contributed by atoms with Crippen LogP contribution in [0.5, 0.6) is 5.75 Å². The van der Waals surface area contributed by atoms with E-state index in [4.69, 9.17) is 19.3 Å². The molecule has 40 heavy (non-hydrogen) atoms. The summed E-state index contributed by atoms with van der Waals surface area (Å²) < 4.78 is 17.5. The third kappa shape index (κ3) is 9.36. The van der Waals surface area contributed by atoms with Gasteiger partial charge in [0.2, 0.25) is 5.91 Å². The van der Waals surface area contributed by atoms with Crippen LogP contribution in [0.25, 0.3) is 0 Å². The monoisotopic (exact) mass is 578 g/mol. The maximum Gasteiger partial charge on any atom is 0.364 e. The predicted octanol–water partition coefficient (Wildman–Crippen LogP) is 6.02. The molecule has 0 bridgehead atoms. The van der Waals surface area contributed by atoms with Crippen molar-refractivity contribution >= 4 is 23.0 Å². The summed E-state index contributed by atoms with van der Waals surface area (Å²) >= 11 is 0.796. The number of likely N-dealkylation sites (tertiary alicyclic amines) is 1. The van der Waals surface area contributed by atoms with Gasteiger partial charge in [0.25, 0.3) is 0 Å². The highest BCUT2D eigenvalue weighted by Crippen LogP contribution is 2.41. The Morgan fingerprint density at radius 1 is 1.10 bits per heavy atom. The number of rotatable bonds is 12. The number of hydrogen-bond acceptors (Lipinski definition) is 7. The zero-order valence-electron chi connectivity index (χ0n) is 25.2. The molecule has 3 heterocycles. The Balaban J connectivity index is 0.000000810. The number of hydrogen-bond donors (Lipinski definition) is 1. The minimum atomic E-state index is -0.829. The number of unbranched alkanes of at least 4 members (excludes halogenated alkanes) is 2. The summed E-state index contributed by atoms with van der Waals surface area (Å²) in [5.74, 6) is 1.75. The first-order valence-electron chi connectivity index (χ1n) is 15.0. The average Bonchev–Trinajstić information content (AvgIpc) is 3.70. The van der Waals surface area contributed by atoms with Gasteiger partial charge >= 0.3 is 5.30 Å². The van der Waals surface area contributed by atoms with Crippen LogP contribution in [0.4, 0.5) is 4.79 Å². The minimum Gasteiger partial charge on any atom is -0.493 e. The van der Waals surface area contributed by atoms with Gasteiger partial charge in [0, 0.05) is 37.5 Å². The van der Waals surface area contributed by atoms with E-state index in [1.54, 1.807) is 0 Å². The van der Waals surface area contributed by atoms with Gasteiger partial charge in [-0.25, -0.2) is 4.79 Å². The number of ether oxygens (including phenoxy) is 3. The van der Waals surface area contributed by atoms with Crippen molar-refractivity contribution in [2.45, 2.75) is 90.9 Å². The van der Waals surface area contributed by atoms with Crippen molar-refractivity contribution in [3.63, 3.8) is 0 Å². The highest BCUT2D eigenvalue weighted by molar-refractivity contribution is 8.12. The Bertz CT molecular complexity index is 944. The number of benzene rings is 1. The van der Waals surface area contributed by atoms with E-state index >= 15 is 0 Å². The van der Waals surface area contributed by atoms with Gasteiger partial charge < -0.3 is 24.2 Å². The van der Waals surface area contributed by atoms with Crippen LogP contribution >= 0.6 is 11.8 Å². The molecule has 1 aromatic rings. The average molecular weight is 579 g/mol. The highest BCUT2D eigenvalue weighted by atomic mass is 32.2. The number of thioether (sulfide) groups is 1. The number of carbonyl (C=O) groups excluding carboxylic acids is 1. The van der Waals surface area contributed by atoms with Gasteiger partial charge in [0.15, 0.2) is 6.29 Å². The van der Waals surface area contributed by atoms with Crippen LogP contribution in [-0.4, -0.2) is 90.7 Å². The van der Waals surface area contributed by atoms with Gasteiger partial charge in [-0.05, 0) is 66.8 Å². The lowest BCUT2D eigenvalue weighted by Gasteiger charge is -2.36. The van der Waals surface area contributed by atoms with E-state index < -0.39 is 5.30 Å². The Hall–Kier alpha value is -1.81. The summed E-state index contributed by atoms with van der Waals surface area (Å²) in [7, 11) is 0. The smallest absolute Gasteiger partial charge is 0.364 e. The van der Waals surface area contributed by atoms with Crippen molar-refractivity contribution in [1.82, 2.24) is 9.80 Å². The molecular weight excluding hydrogens is 528 g/mol. The van der Waals surface area contributed by atoms with Gasteiger partial charge in [-0.3, -0.25) is 9.69 Å². The molecule has 0 spiro atoms. The normalized spacial score (nSPS) is 21.0. The molecule has 4 rings (SSSR count). The summed E-state index contributed by atoms with van der Waals surface area (Å²) in [6, 6.07) is 7.05. The number of nitrogens with zero attached hydrogens (tertiary/aromatic N) is 2. The van der Waals surface area contributed by atoms with E-state index in [2.05, 4.69) is 55.7 Å². The van der Waals surface area contributed by atoms with Crippen LogP contribution in [0.15, 0.2) is 18.2 Å². The lowest BCUT2D eigenvalue weighted by molar-refractivity contribution is -0.135.